The summed E-state index contributed by atoms with van der Waals surface area (Å²) in [6, 6.07) is 29.4. The van der Waals surface area contributed by atoms with E-state index in [1.165, 1.54) is 6.26 Å². The molecule has 5 heteroatoms. The Hall–Kier alpha value is -2.00. The lowest BCUT2D eigenvalue weighted by atomic mass is 10.4. The van der Waals surface area contributed by atoms with Crippen LogP contribution in [0.4, 0.5) is 0 Å². The Morgan fingerprint density at radius 1 is 0.625 bits per heavy atom. The van der Waals surface area contributed by atoms with Crippen molar-refractivity contribution < 1.29 is 8.42 Å². The molecule has 1 N–H and O–H groups in total. The summed E-state index contributed by atoms with van der Waals surface area (Å²) in [7, 11) is -5.94. The van der Waals surface area contributed by atoms with Gasteiger partial charge in [0.1, 0.15) is 15.9 Å². The van der Waals surface area contributed by atoms with Gasteiger partial charge in [-0.1, -0.05) is 59.1 Å². The fourth-order valence-corrected chi connectivity index (χ4v) is 8.82. The average Bonchev–Trinajstić information content (AvgIpc) is 2.61. The van der Waals surface area contributed by atoms with Crippen LogP contribution in [-0.4, -0.2) is 14.7 Å². The molecule has 0 heterocycles. The number of nitrogens with one attached hydrogen (secondary N) is 1. The third kappa shape index (κ3) is 3.41. The normalized spacial score (nSPS) is 12.0. The summed E-state index contributed by atoms with van der Waals surface area (Å²) in [6.07, 6.45) is 1.22. The zero-order chi connectivity index (χ0) is 17.0. The van der Waals surface area contributed by atoms with Gasteiger partial charge in [0.25, 0.3) is 0 Å². The molecule has 0 bridgehead atoms. The van der Waals surface area contributed by atoms with Crippen molar-refractivity contribution in [2.45, 2.75) is 0 Å². The van der Waals surface area contributed by atoms with Gasteiger partial charge in [0, 0.05) is 0 Å². The molecule has 0 unspecified atom stereocenters. The first-order valence-electron chi connectivity index (χ1n) is 7.57. The van der Waals surface area contributed by atoms with Crippen LogP contribution in [0.25, 0.3) is 0 Å². The van der Waals surface area contributed by atoms with Crippen LogP contribution in [0.1, 0.15) is 0 Å². The number of rotatable bonds is 5. The van der Waals surface area contributed by atoms with Crippen LogP contribution in [-0.2, 0) is 10.0 Å². The summed E-state index contributed by atoms with van der Waals surface area (Å²) >= 11 is 0. The van der Waals surface area contributed by atoms with E-state index in [1.807, 2.05) is 91.0 Å². The first-order valence-corrected chi connectivity index (χ1v) is 11.3. The van der Waals surface area contributed by atoms with Gasteiger partial charge in [0.15, 0.2) is 7.41 Å². The average molecular weight is 356 g/mol. The highest BCUT2D eigenvalue weighted by Crippen LogP contribution is 2.51. The van der Waals surface area contributed by atoms with Crippen molar-refractivity contribution in [2.24, 2.45) is 0 Å². The third-order valence-corrected chi connectivity index (χ3v) is 9.37. The molecule has 24 heavy (non-hydrogen) atoms. The maximum Gasteiger partial charge on any atom is 0.239 e. The van der Waals surface area contributed by atoms with Crippen molar-refractivity contribution >= 4 is 33.4 Å². The van der Waals surface area contributed by atoms with Gasteiger partial charge in [-0.2, -0.15) is 0 Å². The van der Waals surface area contributed by atoms with Crippen molar-refractivity contribution in [3.63, 3.8) is 0 Å². The molecule has 0 aliphatic rings. The highest BCUT2D eigenvalue weighted by atomic mass is 32.2. The number of sulfonamides is 1. The molecule has 0 atom stereocenters. The van der Waals surface area contributed by atoms with Crippen molar-refractivity contribution in [1.29, 1.82) is 0 Å². The summed E-state index contributed by atoms with van der Waals surface area (Å²) < 4.78 is 27.6. The highest BCUT2D eigenvalue weighted by molar-refractivity contribution is 8.05. The van der Waals surface area contributed by atoms with Gasteiger partial charge in [-0.15, -0.1) is 0 Å². The predicted octanol–water partition coefficient (Wildman–Crippen LogP) is 2.44. The number of benzene rings is 3. The summed E-state index contributed by atoms with van der Waals surface area (Å²) in [5, 5.41) is 2.94. The lowest BCUT2D eigenvalue weighted by molar-refractivity contribution is 0.600. The molecule has 0 amide bonds. The molecule has 0 spiro atoms. The molecule has 122 valence electrons. The molecule has 3 aromatic carbocycles. The van der Waals surface area contributed by atoms with E-state index in [2.05, 4.69) is 4.49 Å². The van der Waals surface area contributed by atoms with E-state index in [9.17, 15) is 8.42 Å². The fraction of sp³-hybridized carbons (Fsp3) is 0.0526. The maximum absolute atomic E-state index is 12.3. The quantitative estimate of drug-likeness (QED) is 0.714. The zero-order valence-electron chi connectivity index (χ0n) is 13.3. The molecule has 0 fully saturated rings. The minimum atomic E-state index is -3.43. The van der Waals surface area contributed by atoms with Gasteiger partial charge in [-0.25, -0.2) is 8.42 Å². The second-order valence-electron chi connectivity index (χ2n) is 5.54. The first kappa shape index (κ1) is 16.8. The minimum absolute atomic E-state index is 0.979. The number of hydrogen-bond acceptors (Lipinski definition) is 2. The van der Waals surface area contributed by atoms with E-state index in [0.29, 0.717) is 0 Å². The Bertz CT molecular complexity index is 801. The van der Waals surface area contributed by atoms with Crippen molar-refractivity contribution in [1.82, 2.24) is 4.49 Å². The van der Waals surface area contributed by atoms with Gasteiger partial charge in [0.2, 0.25) is 10.0 Å². The summed E-state index contributed by atoms with van der Waals surface area (Å²) in [5.74, 6) is 0. The molecule has 0 saturated heterocycles. The van der Waals surface area contributed by atoms with E-state index in [-0.39, 0.29) is 0 Å². The van der Waals surface area contributed by atoms with E-state index in [1.54, 1.807) is 0 Å². The Kier molecular flexibility index (Phi) is 4.81. The van der Waals surface area contributed by atoms with Crippen LogP contribution in [0.3, 0.4) is 0 Å². The monoisotopic (exact) mass is 356 g/mol. The molecule has 3 rings (SSSR count). The zero-order valence-corrected chi connectivity index (χ0v) is 15.0. The van der Waals surface area contributed by atoms with Gasteiger partial charge in [-0.05, 0) is 36.4 Å². The largest absolute Gasteiger partial charge is 0.239 e. The van der Waals surface area contributed by atoms with Crippen molar-refractivity contribution in [2.75, 3.05) is 6.26 Å². The van der Waals surface area contributed by atoms with Crippen LogP contribution in [0.2, 0.25) is 0 Å². The SMILES string of the molecule is CS(=O)(=O)N[P+](c1ccccc1)(c1ccccc1)c1ccccc1. The Morgan fingerprint density at radius 2 is 0.917 bits per heavy atom. The van der Waals surface area contributed by atoms with E-state index < -0.39 is 17.4 Å². The van der Waals surface area contributed by atoms with Crippen LogP contribution in [0.5, 0.6) is 0 Å². The lowest BCUT2D eigenvalue weighted by Crippen LogP contribution is -2.42. The standard InChI is InChI=1S/C19H19NO2PS/c1-24(21,22)20-23(17-11-5-2-6-12-17,18-13-7-3-8-14-18)19-15-9-4-10-16-19/h2-16,20H,1H3/q+1. The highest BCUT2D eigenvalue weighted by Gasteiger charge is 2.48. The van der Waals surface area contributed by atoms with Gasteiger partial charge in [0.05, 0.1) is 6.26 Å². The van der Waals surface area contributed by atoms with E-state index in [4.69, 9.17) is 0 Å². The Labute approximate surface area is 143 Å². The summed E-state index contributed by atoms with van der Waals surface area (Å²) in [4.78, 5) is 0. The van der Waals surface area contributed by atoms with E-state index in [0.717, 1.165) is 15.9 Å². The second-order valence-corrected chi connectivity index (χ2v) is 10.7. The smallest absolute Gasteiger partial charge is 0.210 e. The summed E-state index contributed by atoms with van der Waals surface area (Å²) in [6.45, 7) is 0. The topological polar surface area (TPSA) is 46.2 Å². The second kappa shape index (κ2) is 6.86. The van der Waals surface area contributed by atoms with E-state index >= 15 is 0 Å². The van der Waals surface area contributed by atoms with Crippen LogP contribution < -0.4 is 20.4 Å². The number of hydrogen-bond donors (Lipinski definition) is 1. The summed E-state index contributed by atoms with van der Waals surface area (Å²) in [5.41, 5.74) is 0. The van der Waals surface area contributed by atoms with Crippen molar-refractivity contribution in [3.8, 4) is 0 Å². The van der Waals surface area contributed by atoms with Gasteiger partial charge in [-0.3, -0.25) is 0 Å². The molecule has 3 aromatic rings. The molecule has 0 saturated carbocycles. The van der Waals surface area contributed by atoms with Gasteiger partial charge >= 0.3 is 0 Å². The molecule has 0 aromatic heterocycles. The Balaban J connectivity index is 2.37. The van der Waals surface area contributed by atoms with Crippen molar-refractivity contribution in [3.05, 3.63) is 91.0 Å². The molecule has 0 aliphatic heterocycles. The maximum atomic E-state index is 12.3. The predicted molar refractivity (Wildman–Crippen MR) is 103 cm³/mol. The third-order valence-electron chi connectivity index (χ3n) is 3.73. The molecular weight excluding hydrogens is 337 g/mol. The minimum Gasteiger partial charge on any atom is -0.210 e. The van der Waals surface area contributed by atoms with Crippen LogP contribution >= 0.6 is 7.41 Å². The Morgan fingerprint density at radius 3 is 1.17 bits per heavy atom. The van der Waals surface area contributed by atoms with Crippen LogP contribution in [0, 0.1) is 0 Å². The fourth-order valence-electron chi connectivity index (χ4n) is 2.81. The van der Waals surface area contributed by atoms with Crippen LogP contribution in [0.15, 0.2) is 91.0 Å². The lowest BCUT2D eigenvalue weighted by Gasteiger charge is -2.26. The molecule has 0 radical (unpaired) electrons. The molecule has 3 nitrogen and oxygen atoms in total. The molecular formula is C19H19NO2PS+. The molecule has 0 aliphatic carbocycles. The van der Waals surface area contributed by atoms with Gasteiger partial charge < -0.3 is 0 Å². The first-order chi connectivity index (χ1) is 11.5.